The molecule has 0 N–H and O–H groups in total. The van der Waals surface area contributed by atoms with Crippen LogP contribution in [-0.4, -0.2) is 28.2 Å². The van der Waals surface area contributed by atoms with E-state index in [1.165, 1.54) is 16.6 Å². The summed E-state index contributed by atoms with van der Waals surface area (Å²) in [5.74, 6) is 0.831. The number of halogens is 1. The summed E-state index contributed by atoms with van der Waals surface area (Å²) < 4.78 is 6.78. The first-order valence-corrected chi connectivity index (χ1v) is 12.9. The lowest BCUT2D eigenvalue weighted by Crippen LogP contribution is -2.22. The molecule has 168 valence electrons. The Bertz CT molecular complexity index is 1390. The number of ketones is 1. The predicted molar refractivity (Wildman–Crippen MR) is 135 cm³/mol. The monoisotopic (exact) mass is 496 g/mol. The van der Waals surface area contributed by atoms with Crippen molar-refractivity contribution in [1.29, 1.82) is 0 Å². The predicted octanol–water partition coefficient (Wildman–Crippen LogP) is 5.96. The van der Waals surface area contributed by atoms with Crippen molar-refractivity contribution >= 4 is 50.7 Å². The molecule has 0 spiro atoms. The van der Waals surface area contributed by atoms with Crippen molar-refractivity contribution in [3.05, 3.63) is 79.9 Å². The van der Waals surface area contributed by atoms with E-state index in [9.17, 15) is 9.59 Å². The number of hydrogen-bond acceptors (Lipinski definition) is 6. The Morgan fingerprint density at radius 2 is 1.85 bits per heavy atom. The number of aryl methyl sites for hydroxylation is 2. The molecule has 2 aromatic heterocycles. The van der Waals surface area contributed by atoms with Gasteiger partial charge in [-0.25, -0.2) is 4.98 Å². The SMILES string of the molecule is COc1ccc(C(=O)CSc2nc3sc4c(c3c(=O)n2-c2ccc(Cl)cc2)CCCC4)cc1. The Morgan fingerprint density at radius 1 is 1.12 bits per heavy atom. The van der Waals surface area contributed by atoms with Crippen molar-refractivity contribution < 1.29 is 9.53 Å². The van der Waals surface area contributed by atoms with Crippen LogP contribution in [-0.2, 0) is 12.8 Å². The molecule has 33 heavy (non-hydrogen) atoms. The Labute approximate surface area is 204 Å². The van der Waals surface area contributed by atoms with Crippen LogP contribution in [0.15, 0.2) is 58.5 Å². The molecule has 2 aromatic carbocycles. The van der Waals surface area contributed by atoms with Crippen LogP contribution in [0.5, 0.6) is 5.75 Å². The molecule has 1 aliphatic carbocycles. The van der Waals surface area contributed by atoms with E-state index in [1.807, 2.05) is 12.1 Å². The number of methoxy groups -OCH3 is 1. The van der Waals surface area contributed by atoms with Gasteiger partial charge in [0.1, 0.15) is 10.6 Å². The average molecular weight is 497 g/mol. The van der Waals surface area contributed by atoms with Crippen LogP contribution in [0.3, 0.4) is 0 Å². The lowest BCUT2D eigenvalue weighted by Gasteiger charge is -2.13. The smallest absolute Gasteiger partial charge is 0.267 e. The summed E-state index contributed by atoms with van der Waals surface area (Å²) in [4.78, 5) is 33.5. The van der Waals surface area contributed by atoms with Gasteiger partial charge >= 0.3 is 0 Å². The number of hydrogen-bond donors (Lipinski definition) is 0. The fourth-order valence-corrected chi connectivity index (χ4v) is 6.43. The fraction of sp³-hybridized carbons (Fsp3) is 0.240. The molecule has 5 rings (SSSR count). The number of nitrogens with zero attached hydrogens (tertiary/aromatic N) is 2. The highest BCUT2D eigenvalue weighted by atomic mass is 35.5. The first-order valence-electron chi connectivity index (χ1n) is 10.7. The second-order valence-corrected chi connectivity index (χ2v) is 10.3. The van der Waals surface area contributed by atoms with E-state index >= 15 is 0 Å². The van der Waals surface area contributed by atoms with Crippen molar-refractivity contribution in [2.24, 2.45) is 0 Å². The van der Waals surface area contributed by atoms with Crippen molar-refractivity contribution in [1.82, 2.24) is 9.55 Å². The van der Waals surface area contributed by atoms with Crippen LogP contribution in [0.25, 0.3) is 15.9 Å². The van der Waals surface area contributed by atoms with Gasteiger partial charge in [0.05, 0.1) is 23.9 Å². The van der Waals surface area contributed by atoms with Gasteiger partial charge in [0.2, 0.25) is 0 Å². The number of rotatable bonds is 6. The second-order valence-electron chi connectivity index (χ2n) is 7.84. The molecule has 0 atom stereocenters. The molecule has 0 saturated heterocycles. The molecule has 0 aliphatic heterocycles. The van der Waals surface area contributed by atoms with Gasteiger partial charge in [-0.2, -0.15) is 0 Å². The van der Waals surface area contributed by atoms with Crippen LogP contribution in [0.4, 0.5) is 0 Å². The van der Waals surface area contributed by atoms with Crippen LogP contribution in [0, 0.1) is 0 Å². The highest BCUT2D eigenvalue weighted by Crippen LogP contribution is 2.35. The maximum Gasteiger partial charge on any atom is 0.267 e. The zero-order valence-corrected chi connectivity index (χ0v) is 20.4. The average Bonchev–Trinajstić information content (AvgIpc) is 3.22. The summed E-state index contributed by atoms with van der Waals surface area (Å²) in [5, 5.41) is 1.82. The Balaban J connectivity index is 1.56. The summed E-state index contributed by atoms with van der Waals surface area (Å²) >= 11 is 8.97. The van der Waals surface area contributed by atoms with Gasteiger partial charge in [-0.3, -0.25) is 14.2 Å². The number of fused-ring (bicyclic) bond motifs is 3. The number of thiophene rings is 1. The van der Waals surface area contributed by atoms with Crippen LogP contribution >= 0.6 is 34.7 Å². The maximum absolute atomic E-state index is 13.7. The lowest BCUT2D eigenvalue weighted by atomic mass is 9.97. The van der Waals surface area contributed by atoms with Crippen LogP contribution in [0.2, 0.25) is 5.02 Å². The molecular formula is C25H21ClN2O3S2. The second kappa shape index (κ2) is 9.33. The number of ether oxygens (including phenoxy) is 1. The number of Topliss-reactive ketones (excluding diaryl/α,β-unsaturated/α-hetero) is 1. The van der Waals surface area contributed by atoms with E-state index < -0.39 is 0 Å². The summed E-state index contributed by atoms with van der Waals surface area (Å²) in [6.45, 7) is 0. The van der Waals surface area contributed by atoms with Crippen molar-refractivity contribution in [2.45, 2.75) is 30.8 Å². The number of carbonyl (C=O) groups excluding carboxylic acids is 1. The summed E-state index contributed by atoms with van der Waals surface area (Å²) in [6, 6.07) is 14.2. The van der Waals surface area contributed by atoms with E-state index in [2.05, 4.69) is 0 Å². The lowest BCUT2D eigenvalue weighted by molar-refractivity contribution is 0.102. The normalized spacial score (nSPS) is 13.2. The Morgan fingerprint density at radius 3 is 2.58 bits per heavy atom. The number of carbonyl (C=O) groups is 1. The van der Waals surface area contributed by atoms with E-state index in [0.29, 0.717) is 27.2 Å². The van der Waals surface area contributed by atoms with Crippen molar-refractivity contribution in [2.75, 3.05) is 12.9 Å². The summed E-state index contributed by atoms with van der Waals surface area (Å²) in [5.41, 5.74) is 2.35. The molecule has 0 radical (unpaired) electrons. The number of benzene rings is 2. The van der Waals surface area contributed by atoms with Crippen molar-refractivity contribution in [3.8, 4) is 11.4 Å². The zero-order chi connectivity index (χ0) is 22.9. The molecule has 2 heterocycles. The zero-order valence-electron chi connectivity index (χ0n) is 18.0. The molecule has 0 amide bonds. The third-order valence-corrected chi connectivity index (χ3v) is 8.16. The minimum atomic E-state index is -0.0823. The molecule has 1 aliphatic rings. The largest absolute Gasteiger partial charge is 0.497 e. The Kier molecular flexibility index (Phi) is 6.27. The molecule has 5 nitrogen and oxygen atoms in total. The fourth-order valence-electron chi connectivity index (χ4n) is 4.09. The van der Waals surface area contributed by atoms with Gasteiger partial charge in [0.25, 0.3) is 5.56 Å². The van der Waals surface area contributed by atoms with E-state index in [0.717, 1.165) is 41.5 Å². The minimum absolute atomic E-state index is 0.0369. The van der Waals surface area contributed by atoms with Gasteiger partial charge < -0.3 is 4.74 Å². The summed E-state index contributed by atoms with van der Waals surface area (Å²) in [6.07, 6.45) is 4.14. The number of aromatic nitrogens is 2. The topological polar surface area (TPSA) is 61.2 Å². The molecule has 0 bridgehead atoms. The van der Waals surface area contributed by atoms with Gasteiger partial charge in [-0.05, 0) is 79.8 Å². The van der Waals surface area contributed by atoms with Crippen molar-refractivity contribution in [3.63, 3.8) is 0 Å². The maximum atomic E-state index is 13.7. The quantitative estimate of drug-likeness (QED) is 0.187. The van der Waals surface area contributed by atoms with Gasteiger partial charge in [0.15, 0.2) is 10.9 Å². The minimum Gasteiger partial charge on any atom is -0.497 e. The molecule has 0 unspecified atom stereocenters. The highest BCUT2D eigenvalue weighted by Gasteiger charge is 2.23. The van der Waals surface area contributed by atoms with E-state index in [-0.39, 0.29) is 17.1 Å². The standard InChI is InChI=1S/C25H21ClN2O3S2/c1-31-18-12-6-15(7-13-18)20(29)14-32-25-27-23-22(19-4-2-3-5-21(19)33-23)24(30)28(25)17-10-8-16(26)9-11-17/h6-13H,2-5,14H2,1H3. The molecule has 0 fully saturated rings. The van der Waals surface area contributed by atoms with Crippen LogP contribution in [0.1, 0.15) is 33.6 Å². The highest BCUT2D eigenvalue weighted by molar-refractivity contribution is 7.99. The molecule has 4 aromatic rings. The Hall–Kier alpha value is -2.61. The summed E-state index contributed by atoms with van der Waals surface area (Å²) in [7, 11) is 1.59. The van der Waals surface area contributed by atoms with Gasteiger partial charge in [-0.15, -0.1) is 11.3 Å². The third-order valence-electron chi connectivity index (χ3n) is 5.79. The van der Waals surface area contributed by atoms with E-state index in [4.69, 9.17) is 21.3 Å². The first kappa shape index (κ1) is 22.2. The first-order chi connectivity index (χ1) is 16.0. The number of thioether (sulfide) groups is 1. The molecule has 8 heteroatoms. The van der Waals surface area contributed by atoms with Gasteiger partial charge in [0, 0.05) is 15.5 Å². The molecular weight excluding hydrogens is 476 g/mol. The van der Waals surface area contributed by atoms with Crippen LogP contribution < -0.4 is 10.3 Å². The van der Waals surface area contributed by atoms with Gasteiger partial charge in [-0.1, -0.05) is 23.4 Å². The van der Waals surface area contributed by atoms with E-state index in [1.54, 1.807) is 59.4 Å². The molecule has 0 saturated carbocycles. The third kappa shape index (κ3) is 4.33.